The maximum absolute atomic E-state index is 12.2. The van der Waals surface area contributed by atoms with E-state index >= 15 is 0 Å². The van der Waals surface area contributed by atoms with E-state index in [1.165, 1.54) is 0 Å². The van der Waals surface area contributed by atoms with Crippen molar-refractivity contribution in [2.45, 2.75) is 13.0 Å². The number of carbonyl (C=O) groups excluding carboxylic acids is 1. The van der Waals surface area contributed by atoms with Crippen LogP contribution in [0.4, 0.5) is 11.4 Å². The Labute approximate surface area is 133 Å². The van der Waals surface area contributed by atoms with Crippen molar-refractivity contribution < 1.29 is 14.3 Å². The van der Waals surface area contributed by atoms with E-state index in [-0.39, 0.29) is 12.7 Å². The minimum Gasteiger partial charge on any atom is -0.454 e. The van der Waals surface area contributed by atoms with Gasteiger partial charge in [0.15, 0.2) is 11.5 Å². The van der Waals surface area contributed by atoms with E-state index in [1.807, 2.05) is 12.1 Å². The lowest BCUT2D eigenvalue weighted by molar-refractivity contribution is -0.116. The topological polar surface area (TPSA) is 83.4 Å². The van der Waals surface area contributed by atoms with Crippen molar-refractivity contribution in [3.05, 3.63) is 48.0 Å². The van der Waals surface area contributed by atoms with Crippen molar-refractivity contribution in [2.75, 3.05) is 17.4 Å². The number of nitrogens with zero attached hydrogens (tertiary/aromatic N) is 1. The van der Waals surface area contributed by atoms with Crippen molar-refractivity contribution in [1.82, 2.24) is 0 Å². The zero-order valence-corrected chi connectivity index (χ0v) is 12.5. The van der Waals surface area contributed by atoms with Crippen LogP contribution in [0.15, 0.2) is 42.5 Å². The molecule has 0 saturated carbocycles. The number of hydrogen-bond donors (Lipinski definition) is 2. The van der Waals surface area contributed by atoms with Crippen molar-refractivity contribution >= 4 is 17.3 Å². The van der Waals surface area contributed by atoms with Crippen LogP contribution in [0, 0.1) is 11.3 Å². The molecule has 0 radical (unpaired) electrons. The summed E-state index contributed by atoms with van der Waals surface area (Å²) in [5, 5.41) is 14.8. The number of nitrogens with one attached hydrogen (secondary N) is 2. The highest BCUT2D eigenvalue weighted by molar-refractivity contribution is 5.96. The molecular formula is C17H15N3O3. The minimum atomic E-state index is -0.457. The molecule has 0 bridgehead atoms. The van der Waals surface area contributed by atoms with E-state index in [0.29, 0.717) is 22.7 Å². The molecule has 3 rings (SSSR count). The monoisotopic (exact) mass is 309 g/mol. The smallest absolute Gasteiger partial charge is 0.246 e. The van der Waals surface area contributed by atoms with Gasteiger partial charge < -0.3 is 20.1 Å². The number of fused-ring (bicyclic) bond motifs is 1. The fourth-order valence-electron chi connectivity index (χ4n) is 2.22. The van der Waals surface area contributed by atoms with Gasteiger partial charge in [0, 0.05) is 17.4 Å². The van der Waals surface area contributed by atoms with Crippen molar-refractivity contribution in [3.63, 3.8) is 0 Å². The SMILES string of the molecule is C[C@H](Nc1ccc2c(c1)OCO2)C(=O)Nc1cccc(C#N)c1. The molecule has 2 N–H and O–H groups in total. The normalized spacial score (nSPS) is 13.0. The van der Waals surface area contributed by atoms with Crippen molar-refractivity contribution in [3.8, 4) is 17.6 Å². The lowest BCUT2D eigenvalue weighted by atomic mass is 10.2. The summed E-state index contributed by atoms with van der Waals surface area (Å²) < 4.78 is 10.6. The van der Waals surface area contributed by atoms with Gasteiger partial charge in [-0.3, -0.25) is 4.79 Å². The first kappa shape index (κ1) is 14.7. The Kier molecular flexibility index (Phi) is 4.02. The van der Waals surface area contributed by atoms with Crippen molar-refractivity contribution in [2.24, 2.45) is 0 Å². The minimum absolute atomic E-state index is 0.197. The molecule has 2 aromatic rings. The third kappa shape index (κ3) is 3.35. The van der Waals surface area contributed by atoms with Crippen LogP contribution in [-0.4, -0.2) is 18.7 Å². The number of ether oxygens (including phenoxy) is 2. The fourth-order valence-corrected chi connectivity index (χ4v) is 2.22. The second-order valence-electron chi connectivity index (χ2n) is 5.12. The van der Waals surface area contributed by atoms with Gasteiger partial charge in [-0.1, -0.05) is 6.07 Å². The van der Waals surface area contributed by atoms with Crippen LogP contribution in [0.2, 0.25) is 0 Å². The highest BCUT2D eigenvalue weighted by Crippen LogP contribution is 2.34. The maximum Gasteiger partial charge on any atom is 0.246 e. The van der Waals surface area contributed by atoms with E-state index in [0.717, 1.165) is 5.69 Å². The van der Waals surface area contributed by atoms with Crippen LogP contribution in [0.5, 0.6) is 11.5 Å². The first-order chi connectivity index (χ1) is 11.2. The summed E-state index contributed by atoms with van der Waals surface area (Å²) in [6.45, 7) is 1.97. The van der Waals surface area contributed by atoms with Crippen LogP contribution in [0.3, 0.4) is 0 Å². The zero-order chi connectivity index (χ0) is 16.2. The molecule has 1 aliphatic rings. The molecule has 0 aromatic heterocycles. The predicted molar refractivity (Wildman–Crippen MR) is 85.4 cm³/mol. The van der Waals surface area contributed by atoms with Gasteiger partial charge >= 0.3 is 0 Å². The molecule has 6 nitrogen and oxygen atoms in total. The first-order valence-corrected chi connectivity index (χ1v) is 7.13. The molecule has 1 amide bonds. The molecule has 1 heterocycles. The number of carbonyl (C=O) groups is 1. The molecular weight excluding hydrogens is 294 g/mol. The average Bonchev–Trinajstić information content (AvgIpc) is 3.02. The molecule has 0 unspecified atom stereocenters. The Morgan fingerprint density at radius 3 is 2.83 bits per heavy atom. The summed E-state index contributed by atoms with van der Waals surface area (Å²) in [7, 11) is 0. The van der Waals surface area contributed by atoms with Crippen LogP contribution < -0.4 is 20.1 Å². The van der Waals surface area contributed by atoms with Crippen LogP contribution in [0.25, 0.3) is 0 Å². The van der Waals surface area contributed by atoms with E-state index in [9.17, 15) is 4.79 Å². The van der Waals surface area contributed by atoms with E-state index < -0.39 is 6.04 Å². The fraction of sp³-hybridized carbons (Fsp3) is 0.176. The van der Waals surface area contributed by atoms with Gasteiger partial charge in [-0.2, -0.15) is 5.26 Å². The number of nitriles is 1. The number of rotatable bonds is 4. The Hall–Kier alpha value is -3.20. The summed E-state index contributed by atoms with van der Waals surface area (Å²) in [5.41, 5.74) is 1.86. The molecule has 23 heavy (non-hydrogen) atoms. The largest absolute Gasteiger partial charge is 0.454 e. The summed E-state index contributed by atoms with van der Waals surface area (Å²) in [5.74, 6) is 1.16. The first-order valence-electron chi connectivity index (χ1n) is 7.13. The standard InChI is InChI=1S/C17H15N3O3/c1-11(17(21)20-13-4-2-3-12(7-13)9-18)19-14-5-6-15-16(8-14)23-10-22-15/h2-8,11,19H,10H2,1H3,(H,20,21)/t11-/m0/s1. The second kappa shape index (κ2) is 6.28. The molecule has 1 aliphatic heterocycles. The quantitative estimate of drug-likeness (QED) is 0.907. The van der Waals surface area contributed by atoms with Crippen LogP contribution in [0.1, 0.15) is 12.5 Å². The zero-order valence-electron chi connectivity index (χ0n) is 12.5. The Morgan fingerprint density at radius 2 is 2.00 bits per heavy atom. The average molecular weight is 309 g/mol. The molecule has 2 aromatic carbocycles. The maximum atomic E-state index is 12.2. The Morgan fingerprint density at radius 1 is 1.17 bits per heavy atom. The predicted octanol–water partition coefficient (Wildman–Crippen LogP) is 2.73. The number of anilines is 2. The molecule has 0 spiro atoms. The summed E-state index contributed by atoms with van der Waals surface area (Å²) in [6, 6.07) is 13.8. The second-order valence-corrected chi connectivity index (χ2v) is 5.12. The molecule has 116 valence electrons. The van der Waals surface area contributed by atoms with Crippen LogP contribution >= 0.6 is 0 Å². The Bertz CT molecular complexity index is 783. The summed E-state index contributed by atoms with van der Waals surface area (Å²) in [4.78, 5) is 12.2. The van der Waals surface area contributed by atoms with Crippen molar-refractivity contribution in [1.29, 1.82) is 5.26 Å². The van der Waals surface area contributed by atoms with Gasteiger partial charge in [0.1, 0.15) is 6.04 Å². The highest BCUT2D eigenvalue weighted by atomic mass is 16.7. The van der Waals surface area contributed by atoms with Gasteiger partial charge in [0.25, 0.3) is 0 Å². The lowest BCUT2D eigenvalue weighted by Crippen LogP contribution is -2.31. The lowest BCUT2D eigenvalue weighted by Gasteiger charge is -2.15. The van der Waals surface area contributed by atoms with Gasteiger partial charge in [-0.25, -0.2) is 0 Å². The number of hydrogen-bond acceptors (Lipinski definition) is 5. The van der Waals surface area contributed by atoms with Crippen LogP contribution in [-0.2, 0) is 4.79 Å². The van der Waals surface area contributed by atoms with Gasteiger partial charge in [-0.05, 0) is 37.3 Å². The Balaban J connectivity index is 1.64. The third-order valence-electron chi connectivity index (χ3n) is 3.41. The van der Waals surface area contributed by atoms with E-state index in [2.05, 4.69) is 10.6 Å². The third-order valence-corrected chi connectivity index (χ3v) is 3.41. The molecule has 1 atom stereocenters. The molecule has 0 fully saturated rings. The number of amides is 1. The summed E-state index contributed by atoms with van der Waals surface area (Å²) in [6.07, 6.45) is 0. The molecule has 0 saturated heterocycles. The van der Waals surface area contributed by atoms with Gasteiger partial charge in [0.05, 0.1) is 11.6 Å². The van der Waals surface area contributed by atoms with E-state index in [1.54, 1.807) is 43.3 Å². The highest BCUT2D eigenvalue weighted by Gasteiger charge is 2.16. The van der Waals surface area contributed by atoms with Gasteiger partial charge in [-0.15, -0.1) is 0 Å². The number of benzene rings is 2. The molecule has 6 heteroatoms. The van der Waals surface area contributed by atoms with Gasteiger partial charge in [0.2, 0.25) is 12.7 Å². The summed E-state index contributed by atoms with van der Waals surface area (Å²) >= 11 is 0. The van der Waals surface area contributed by atoms with E-state index in [4.69, 9.17) is 14.7 Å². The molecule has 0 aliphatic carbocycles.